The van der Waals surface area contributed by atoms with Gasteiger partial charge in [0, 0.05) is 17.3 Å². The van der Waals surface area contributed by atoms with Crippen molar-refractivity contribution in [2.24, 2.45) is 0 Å². The average Bonchev–Trinajstić information content (AvgIpc) is 2.64. The van der Waals surface area contributed by atoms with Crippen LogP contribution in [0.5, 0.6) is 0 Å². The Labute approximate surface area is 153 Å². The number of hydrogen-bond acceptors (Lipinski definition) is 4. The van der Waals surface area contributed by atoms with E-state index in [1.54, 1.807) is 30.5 Å². The molecule has 3 rings (SSSR count). The molecule has 3 N–H and O–H groups in total. The number of nitrogens with one attached hydrogen (secondary N) is 3. The normalized spacial score (nSPS) is 14.5. The molecule has 1 saturated carbocycles. The fourth-order valence-electron chi connectivity index (χ4n) is 3.11. The first-order valence-electron chi connectivity index (χ1n) is 9.02. The minimum Gasteiger partial charge on any atom is -0.340 e. The van der Waals surface area contributed by atoms with E-state index in [0.29, 0.717) is 17.1 Å². The topological polar surface area (TPSA) is 83.1 Å². The summed E-state index contributed by atoms with van der Waals surface area (Å²) in [7, 11) is 0. The van der Waals surface area contributed by atoms with Crippen LogP contribution in [0.3, 0.4) is 0 Å². The Balaban J connectivity index is 1.55. The molecule has 0 aliphatic heterocycles. The first kappa shape index (κ1) is 17.9. The molecule has 2 aromatic rings. The van der Waals surface area contributed by atoms with Gasteiger partial charge in [-0.1, -0.05) is 31.4 Å². The maximum Gasteiger partial charge on any atom is 0.319 e. The summed E-state index contributed by atoms with van der Waals surface area (Å²) in [6.45, 7) is 1.54. The summed E-state index contributed by atoms with van der Waals surface area (Å²) in [5, 5.41) is 8.99. The zero-order valence-electron chi connectivity index (χ0n) is 14.9. The first-order chi connectivity index (χ1) is 12.6. The van der Waals surface area contributed by atoms with Crippen molar-refractivity contribution in [3.63, 3.8) is 0 Å². The van der Waals surface area contributed by atoms with Gasteiger partial charge in [-0.3, -0.25) is 4.79 Å². The molecule has 0 unspecified atom stereocenters. The quantitative estimate of drug-likeness (QED) is 0.693. The van der Waals surface area contributed by atoms with Crippen LogP contribution >= 0.6 is 0 Å². The van der Waals surface area contributed by atoms with Gasteiger partial charge in [0.2, 0.25) is 0 Å². The number of nitrogens with zero attached hydrogens (tertiary/aromatic N) is 1. The van der Waals surface area contributed by atoms with E-state index in [9.17, 15) is 9.59 Å². The molecule has 1 aliphatic rings. The van der Waals surface area contributed by atoms with Crippen molar-refractivity contribution in [1.29, 1.82) is 0 Å². The average molecular weight is 352 g/mol. The van der Waals surface area contributed by atoms with Crippen LogP contribution in [0.1, 0.15) is 49.4 Å². The number of aromatic nitrogens is 1. The van der Waals surface area contributed by atoms with Crippen molar-refractivity contribution < 1.29 is 9.59 Å². The predicted molar refractivity (Wildman–Crippen MR) is 103 cm³/mol. The van der Waals surface area contributed by atoms with Gasteiger partial charge in [0.1, 0.15) is 5.82 Å². The van der Waals surface area contributed by atoms with Gasteiger partial charge in [-0.15, -0.1) is 0 Å². The fraction of sp³-hybridized carbons (Fsp3) is 0.350. The van der Waals surface area contributed by atoms with E-state index in [4.69, 9.17) is 0 Å². The van der Waals surface area contributed by atoms with E-state index < -0.39 is 0 Å². The van der Waals surface area contributed by atoms with Crippen molar-refractivity contribution in [2.45, 2.75) is 45.1 Å². The molecular formula is C20H24N4O2. The molecular weight excluding hydrogens is 328 g/mol. The molecule has 1 fully saturated rings. The van der Waals surface area contributed by atoms with Crippen molar-refractivity contribution in [3.8, 4) is 0 Å². The molecule has 6 nitrogen and oxygen atoms in total. The van der Waals surface area contributed by atoms with Crippen LogP contribution in [0, 0.1) is 0 Å². The number of Topliss-reactive ketones (excluding diaryl/α,β-unsaturated/α-hetero) is 1. The molecule has 136 valence electrons. The highest BCUT2D eigenvalue weighted by Crippen LogP contribution is 2.19. The molecule has 26 heavy (non-hydrogen) atoms. The molecule has 0 radical (unpaired) electrons. The Kier molecular flexibility index (Phi) is 5.84. The largest absolute Gasteiger partial charge is 0.340 e. The van der Waals surface area contributed by atoms with Crippen LogP contribution in [0.4, 0.5) is 22.0 Å². The van der Waals surface area contributed by atoms with Gasteiger partial charge in [0.25, 0.3) is 0 Å². The monoisotopic (exact) mass is 352 g/mol. The zero-order valence-corrected chi connectivity index (χ0v) is 14.9. The van der Waals surface area contributed by atoms with Crippen molar-refractivity contribution in [3.05, 3.63) is 48.2 Å². The van der Waals surface area contributed by atoms with E-state index >= 15 is 0 Å². The molecule has 0 saturated heterocycles. The molecule has 1 heterocycles. The zero-order chi connectivity index (χ0) is 18.4. The lowest BCUT2D eigenvalue weighted by atomic mass is 9.96. The van der Waals surface area contributed by atoms with Crippen LogP contribution in [0.15, 0.2) is 42.6 Å². The van der Waals surface area contributed by atoms with E-state index in [1.165, 1.54) is 26.2 Å². The van der Waals surface area contributed by atoms with Gasteiger partial charge in [0.15, 0.2) is 5.78 Å². The van der Waals surface area contributed by atoms with Gasteiger partial charge < -0.3 is 16.0 Å². The maximum absolute atomic E-state index is 12.1. The van der Waals surface area contributed by atoms with Gasteiger partial charge >= 0.3 is 6.03 Å². The number of urea groups is 1. The van der Waals surface area contributed by atoms with Gasteiger partial charge in [0.05, 0.1) is 11.9 Å². The van der Waals surface area contributed by atoms with Crippen LogP contribution < -0.4 is 16.0 Å². The van der Waals surface area contributed by atoms with Crippen LogP contribution in [-0.2, 0) is 0 Å². The smallest absolute Gasteiger partial charge is 0.319 e. The van der Waals surface area contributed by atoms with Crippen molar-refractivity contribution >= 4 is 29.0 Å². The number of carbonyl (C=O) groups excluding carboxylic acids is 2. The summed E-state index contributed by atoms with van der Waals surface area (Å²) >= 11 is 0. The van der Waals surface area contributed by atoms with E-state index in [-0.39, 0.29) is 17.9 Å². The van der Waals surface area contributed by atoms with E-state index in [2.05, 4.69) is 20.9 Å². The third-order valence-corrected chi connectivity index (χ3v) is 4.50. The lowest BCUT2D eigenvalue weighted by molar-refractivity contribution is 0.101. The summed E-state index contributed by atoms with van der Waals surface area (Å²) in [6.07, 6.45) is 7.32. The first-order valence-corrected chi connectivity index (χ1v) is 9.02. The van der Waals surface area contributed by atoms with Crippen molar-refractivity contribution in [2.75, 3.05) is 10.6 Å². The lowest BCUT2D eigenvalue weighted by Gasteiger charge is -2.22. The highest BCUT2D eigenvalue weighted by Gasteiger charge is 2.15. The van der Waals surface area contributed by atoms with Gasteiger partial charge in [-0.25, -0.2) is 9.78 Å². The Hall–Kier alpha value is -2.89. The molecule has 2 amide bonds. The summed E-state index contributed by atoms with van der Waals surface area (Å²) in [5.41, 5.74) is 2.08. The van der Waals surface area contributed by atoms with Crippen molar-refractivity contribution in [1.82, 2.24) is 10.3 Å². The molecule has 0 spiro atoms. The number of amides is 2. The van der Waals surface area contributed by atoms with Gasteiger partial charge in [-0.2, -0.15) is 0 Å². The second-order valence-corrected chi connectivity index (χ2v) is 6.63. The van der Waals surface area contributed by atoms with Crippen LogP contribution in [0.2, 0.25) is 0 Å². The number of anilines is 3. The van der Waals surface area contributed by atoms with E-state index in [1.807, 2.05) is 12.1 Å². The Morgan fingerprint density at radius 1 is 1.04 bits per heavy atom. The van der Waals surface area contributed by atoms with E-state index in [0.717, 1.165) is 18.5 Å². The SMILES string of the molecule is CC(=O)c1cccc(Nc2ccc(NC(=O)NC3CCCCC3)cn2)c1. The third-order valence-electron chi connectivity index (χ3n) is 4.50. The number of hydrogen-bond donors (Lipinski definition) is 3. The third kappa shape index (κ3) is 5.05. The minimum absolute atomic E-state index is 0.0186. The fourth-order valence-corrected chi connectivity index (χ4v) is 3.11. The molecule has 1 aromatic heterocycles. The summed E-state index contributed by atoms with van der Waals surface area (Å²) in [5.74, 6) is 0.661. The molecule has 0 atom stereocenters. The molecule has 1 aromatic carbocycles. The number of ketones is 1. The highest BCUT2D eigenvalue weighted by molar-refractivity contribution is 5.95. The highest BCUT2D eigenvalue weighted by atomic mass is 16.2. The Bertz CT molecular complexity index is 768. The summed E-state index contributed by atoms with van der Waals surface area (Å²) < 4.78 is 0. The standard InChI is InChI=1S/C20H24N4O2/c1-14(25)15-6-5-9-17(12-15)22-19-11-10-18(13-21-19)24-20(26)23-16-7-3-2-4-8-16/h5-6,9-13,16H,2-4,7-8H2,1H3,(H,21,22)(H2,23,24,26). The Morgan fingerprint density at radius 3 is 2.54 bits per heavy atom. The number of carbonyl (C=O) groups is 2. The Morgan fingerprint density at radius 2 is 1.85 bits per heavy atom. The summed E-state index contributed by atoms with van der Waals surface area (Å²) in [6, 6.07) is 10.9. The lowest BCUT2D eigenvalue weighted by Crippen LogP contribution is -2.39. The second kappa shape index (κ2) is 8.47. The van der Waals surface area contributed by atoms with Gasteiger partial charge in [-0.05, 0) is 44.0 Å². The second-order valence-electron chi connectivity index (χ2n) is 6.63. The predicted octanol–water partition coefficient (Wildman–Crippen LogP) is 4.48. The maximum atomic E-state index is 12.1. The molecule has 6 heteroatoms. The van der Waals surface area contributed by atoms with Crippen LogP contribution in [0.25, 0.3) is 0 Å². The molecule has 0 bridgehead atoms. The number of rotatable bonds is 5. The number of benzene rings is 1. The molecule has 1 aliphatic carbocycles. The van der Waals surface area contributed by atoms with Crippen LogP contribution in [-0.4, -0.2) is 22.8 Å². The number of pyridine rings is 1. The minimum atomic E-state index is -0.187. The summed E-state index contributed by atoms with van der Waals surface area (Å²) in [4.78, 5) is 27.8.